The standard InChI is InChI=1S/C22H23Cl2N5O2/c1-16-21(25-26-29(16)18-6-4-5-17(23)15-18)22(30)28-11-9-27(10-12-28)13-14-31-20-8-3-2-7-19(20)24/h2-8,15H,9-14H2,1H3. The molecule has 0 radical (unpaired) electrons. The van der Waals surface area contributed by atoms with Crippen LogP contribution in [0.25, 0.3) is 5.69 Å². The minimum Gasteiger partial charge on any atom is -0.491 e. The van der Waals surface area contributed by atoms with E-state index < -0.39 is 0 Å². The van der Waals surface area contributed by atoms with Crippen LogP contribution in [0, 0.1) is 6.92 Å². The molecule has 0 bridgehead atoms. The maximum atomic E-state index is 13.0. The number of amides is 1. The van der Waals surface area contributed by atoms with Crippen molar-refractivity contribution >= 4 is 29.1 Å². The number of para-hydroxylation sites is 1. The van der Waals surface area contributed by atoms with Crippen molar-refractivity contribution in [2.24, 2.45) is 0 Å². The minimum absolute atomic E-state index is 0.0993. The molecule has 4 rings (SSSR count). The fourth-order valence-electron chi connectivity index (χ4n) is 3.55. The highest BCUT2D eigenvalue weighted by Gasteiger charge is 2.26. The number of hydrogen-bond donors (Lipinski definition) is 0. The number of ether oxygens (including phenoxy) is 1. The van der Waals surface area contributed by atoms with Crippen LogP contribution < -0.4 is 4.74 Å². The van der Waals surface area contributed by atoms with E-state index in [0.29, 0.717) is 46.9 Å². The lowest BCUT2D eigenvalue weighted by molar-refractivity contribution is 0.0614. The van der Waals surface area contributed by atoms with Gasteiger partial charge in [0.25, 0.3) is 5.91 Å². The van der Waals surface area contributed by atoms with E-state index in [1.54, 1.807) is 16.8 Å². The molecule has 7 nitrogen and oxygen atoms in total. The van der Waals surface area contributed by atoms with Crippen molar-refractivity contribution in [1.82, 2.24) is 24.8 Å². The maximum absolute atomic E-state index is 13.0. The summed E-state index contributed by atoms with van der Waals surface area (Å²) >= 11 is 12.2. The van der Waals surface area contributed by atoms with Crippen molar-refractivity contribution < 1.29 is 9.53 Å². The number of aromatic nitrogens is 3. The Morgan fingerprint density at radius 1 is 1.06 bits per heavy atom. The van der Waals surface area contributed by atoms with Crippen molar-refractivity contribution in [3.8, 4) is 11.4 Å². The van der Waals surface area contributed by atoms with Gasteiger partial charge in [-0.1, -0.05) is 46.6 Å². The molecule has 2 aromatic carbocycles. The second-order valence-corrected chi connectivity index (χ2v) is 8.17. The van der Waals surface area contributed by atoms with Crippen LogP contribution in [0.3, 0.4) is 0 Å². The summed E-state index contributed by atoms with van der Waals surface area (Å²) in [6, 6.07) is 14.8. The number of nitrogens with zero attached hydrogens (tertiary/aromatic N) is 5. The lowest BCUT2D eigenvalue weighted by Gasteiger charge is -2.34. The van der Waals surface area contributed by atoms with E-state index in [2.05, 4.69) is 15.2 Å². The number of carbonyl (C=O) groups excluding carboxylic acids is 1. The average molecular weight is 460 g/mol. The molecule has 3 aromatic rings. The first kappa shape index (κ1) is 21.6. The number of carbonyl (C=O) groups is 1. The lowest BCUT2D eigenvalue weighted by Crippen LogP contribution is -2.49. The summed E-state index contributed by atoms with van der Waals surface area (Å²) in [5, 5.41) is 9.51. The smallest absolute Gasteiger partial charge is 0.276 e. The summed E-state index contributed by atoms with van der Waals surface area (Å²) in [5.41, 5.74) is 1.85. The van der Waals surface area contributed by atoms with Gasteiger partial charge in [-0.25, -0.2) is 4.68 Å². The van der Waals surface area contributed by atoms with Crippen LogP contribution >= 0.6 is 23.2 Å². The van der Waals surface area contributed by atoms with Crippen molar-refractivity contribution in [3.63, 3.8) is 0 Å². The number of piperazine rings is 1. The summed E-state index contributed by atoms with van der Waals surface area (Å²) in [6.07, 6.45) is 0. The highest BCUT2D eigenvalue weighted by atomic mass is 35.5. The summed E-state index contributed by atoms with van der Waals surface area (Å²) in [7, 11) is 0. The maximum Gasteiger partial charge on any atom is 0.276 e. The molecule has 162 valence electrons. The van der Waals surface area contributed by atoms with Gasteiger partial charge in [-0.2, -0.15) is 0 Å². The predicted molar refractivity (Wildman–Crippen MR) is 120 cm³/mol. The van der Waals surface area contributed by atoms with Crippen LogP contribution in [0.5, 0.6) is 5.75 Å². The van der Waals surface area contributed by atoms with Crippen molar-refractivity contribution in [2.75, 3.05) is 39.3 Å². The SMILES string of the molecule is Cc1c(C(=O)N2CCN(CCOc3ccccc3Cl)CC2)nnn1-c1cccc(Cl)c1. The third kappa shape index (κ3) is 5.01. The molecule has 31 heavy (non-hydrogen) atoms. The summed E-state index contributed by atoms with van der Waals surface area (Å²) in [5.74, 6) is 0.592. The highest BCUT2D eigenvalue weighted by Crippen LogP contribution is 2.23. The number of rotatable bonds is 6. The first-order valence-corrected chi connectivity index (χ1v) is 10.9. The van der Waals surface area contributed by atoms with Gasteiger partial charge in [-0.05, 0) is 37.3 Å². The Hall–Kier alpha value is -2.61. The molecule has 1 amide bonds. The normalized spacial score (nSPS) is 14.6. The molecular weight excluding hydrogens is 437 g/mol. The Balaban J connectivity index is 1.31. The van der Waals surface area contributed by atoms with Crippen molar-refractivity contribution in [2.45, 2.75) is 6.92 Å². The Labute approximate surface area is 191 Å². The van der Waals surface area contributed by atoms with Crippen molar-refractivity contribution in [1.29, 1.82) is 0 Å². The van der Waals surface area contributed by atoms with E-state index in [9.17, 15) is 4.79 Å². The topological polar surface area (TPSA) is 63.5 Å². The number of halogens is 2. The molecule has 1 saturated heterocycles. The molecule has 0 unspecified atom stereocenters. The first-order valence-electron chi connectivity index (χ1n) is 10.1. The fourth-order valence-corrected chi connectivity index (χ4v) is 3.93. The van der Waals surface area contributed by atoms with Crippen LogP contribution in [-0.2, 0) is 0 Å². The second-order valence-electron chi connectivity index (χ2n) is 7.33. The molecular formula is C22H23Cl2N5O2. The van der Waals surface area contributed by atoms with Gasteiger partial charge in [-0.3, -0.25) is 9.69 Å². The van der Waals surface area contributed by atoms with Crippen LogP contribution in [-0.4, -0.2) is 70.0 Å². The van der Waals surface area contributed by atoms with Crippen LogP contribution in [0.15, 0.2) is 48.5 Å². The molecule has 1 aliphatic heterocycles. The van der Waals surface area contributed by atoms with E-state index >= 15 is 0 Å². The largest absolute Gasteiger partial charge is 0.491 e. The van der Waals surface area contributed by atoms with Gasteiger partial charge in [0.2, 0.25) is 0 Å². The third-order valence-corrected chi connectivity index (χ3v) is 5.86. The van der Waals surface area contributed by atoms with E-state index in [1.165, 1.54) is 0 Å². The highest BCUT2D eigenvalue weighted by molar-refractivity contribution is 6.32. The summed E-state index contributed by atoms with van der Waals surface area (Å²) in [6.45, 7) is 5.99. The quantitative estimate of drug-likeness (QED) is 0.561. The van der Waals surface area contributed by atoms with Gasteiger partial charge in [-0.15, -0.1) is 5.10 Å². The Morgan fingerprint density at radius 3 is 2.58 bits per heavy atom. The zero-order chi connectivity index (χ0) is 21.8. The fraction of sp³-hybridized carbons (Fsp3) is 0.318. The minimum atomic E-state index is -0.0993. The average Bonchev–Trinajstić information content (AvgIpc) is 3.16. The Morgan fingerprint density at radius 2 is 1.84 bits per heavy atom. The molecule has 2 heterocycles. The van der Waals surface area contributed by atoms with Gasteiger partial charge in [0.05, 0.1) is 16.4 Å². The molecule has 1 aromatic heterocycles. The first-order chi connectivity index (χ1) is 15.0. The van der Waals surface area contributed by atoms with E-state index in [4.69, 9.17) is 27.9 Å². The van der Waals surface area contributed by atoms with Crippen LogP contribution in [0.4, 0.5) is 0 Å². The third-order valence-electron chi connectivity index (χ3n) is 5.31. The van der Waals surface area contributed by atoms with Gasteiger partial charge in [0.1, 0.15) is 12.4 Å². The van der Waals surface area contributed by atoms with Gasteiger partial charge >= 0.3 is 0 Å². The number of hydrogen-bond acceptors (Lipinski definition) is 5. The zero-order valence-electron chi connectivity index (χ0n) is 17.2. The molecule has 0 atom stereocenters. The number of benzene rings is 2. The molecule has 9 heteroatoms. The monoisotopic (exact) mass is 459 g/mol. The van der Waals surface area contributed by atoms with Crippen LogP contribution in [0.1, 0.15) is 16.2 Å². The molecule has 0 aliphatic carbocycles. The van der Waals surface area contributed by atoms with Gasteiger partial charge < -0.3 is 9.64 Å². The molecule has 0 N–H and O–H groups in total. The van der Waals surface area contributed by atoms with Crippen molar-refractivity contribution in [3.05, 3.63) is 70.0 Å². The molecule has 0 saturated carbocycles. The lowest BCUT2D eigenvalue weighted by atomic mass is 10.2. The molecule has 0 spiro atoms. The zero-order valence-corrected chi connectivity index (χ0v) is 18.7. The van der Waals surface area contributed by atoms with E-state index in [0.717, 1.165) is 25.3 Å². The van der Waals surface area contributed by atoms with Gasteiger partial charge in [0, 0.05) is 37.7 Å². The van der Waals surface area contributed by atoms with E-state index in [-0.39, 0.29) is 5.91 Å². The Bertz CT molecular complexity index is 1060. The summed E-state index contributed by atoms with van der Waals surface area (Å²) in [4.78, 5) is 17.1. The summed E-state index contributed by atoms with van der Waals surface area (Å²) < 4.78 is 7.41. The Kier molecular flexibility index (Phi) is 6.75. The van der Waals surface area contributed by atoms with E-state index in [1.807, 2.05) is 48.2 Å². The molecule has 1 fully saturated rings. The van der Waals surface area contributed by atoms with Crippen LogP contribution in [0.2, 0.25) is 10.0 Å². The molecule has 1 aliphatic rings. The predicted octanol–water partition coefficient (Wildman–Crippen LogP) is 3.72. The second kappa shape index (κ2) is 9.68. The van der Waals surface area contributed by atoms with Gasteiger partial charge in [0.15, 0.2) is 5.69 Å².